The topological polar surface area (TPSA) is 50.9 Å². The van der Waals surface area contributed by atoms with Gasteiger partial charge in [-0.2, -0.15) is 5.26 Å². The highest BCUT2D eigenvalue weighted by molar-refractivity contribution is 5.94. The predicted octanol–water partition coefficient (Wildman–Crippen LogP) is 2.06. The van der Waals surface area contributed by atoms with Gasteiger partial charge in [0.05, 0.1) is 18.2 Å². The van der Waals surface area contributed by atoms with Crippen molar-refractivity contribution >= 4 is 5.84 Å². The van der Waals surface area contributed by atoms with Crippen molar-refractivity contribution in [2.75, 3.05) is 6.54 Å². The summed E-state index contributed by atoms with van der Waals surface area (Å²) in [4.78, 5) is 2.08. The van der Waals surface area contributed by atoms with Crippen molar-refractivity contribution in [2.24, 2.45) is 0 Å². The molecule has 0 radical (unpaired) electrons. The van der Waals surface area contributed by atoms with Gasteiger partial charge in [-0.3, -0.25) is 5.41 Å². The molecule has 0 aromatic rings. The van der Waals surface area contributed by atoms with E-state index in [4.69, 9.17) is 10.7 Å². The quantitative estimate of drug-likeness (QED) is 0.686. The van der Waals surface area contributed by atoms with Gasteiger partial charge >= 0.3 is 0 Å². The van der Waals surface area contributed by atoms with Crippen LogP contribution in [0.15, 0.2) is 11.6 Å². The van der Waals surface area contributed by atoms with E-state index in [-0.39, 0.29) is 0 Å². The first-order valence-electron chi connectivity index (χ1n) is 5.27. The molecule has 1 aliphatic heterocycles. The fourth-order valence-electron chi connectivity index (χ4n) is 2.35. The Labute approximate surface area is 84.5 Å². The van der Waals surface area contributed by atoms with Crippen LogP contribution in [0.5, 0.6) is 0 Å². The van der Waals surface area contributed by atoms with Crippen LogP contribution in [0.3, 0.4) is 0 Å². The van der Waals surface area contributed by atoms with Gasteiger partial charge in [0.15, 0.2) is 0 Å². The van der Waals surface area contributed by atoms with E-state index >= 15 is 0 Å². The summed E-state index contributed by atoms with van der Waals surface area (Å²) in [5.74, 6) is 0.536. The second kappa shape index (κ2) is 3.83. The third-order valence-electron chi connectivity index (χ3n) is 3.12. The number of nitriles is 1. The van der Waals surface area contributed by atoms with E-state index < -0.39 is 0 Å². The van der Waals surface area contributed by atoms with Gasteiger partial charge in [-0.15, -0.1) is 0 Å². The average Bonchev–Trinajstić information content (AvgIpc) is 2.61. The Balaban J connectivity index is 2.01. The van der Waals surface area contributed by atoms with E-state index in [2.05, 4.69) is 11.0 Å². The molecule has 0 bridgehead atoms. The Morgan fingerprint density at radius 3 is 2.64 bits per heavy atom. The standard InChI is InChI=1S/C11H15N3/c12-7-9-6-11(13)14(8-9)10-4-2-1-3-5-10/h6,10,13H,1-5,8H2. The highest BCUT2D eigenvalue weighted by Gasteiger charge is 2.26. The van der Waals surface area contributed by atoms with Crippen LogP contribution in [0.2, 0.25) is 0 Å². The molecule has 3 heteroatoms. The summed E-state index contributed by atoms with van der Waals surface area (Å²) in [7, 11) is 0. The van der Waals surface area contributed by atoms with Crippen molar-refractivity contribution in [2.45, 2.75) is 38.1 Å². The van der Waals surface area contributed by atoms with Gasteiger partial charge in [0.1, 0.15) is 5.84 Å². The Morgan fingerprint density at radius 1 is 1.36 bits per heavy atom. The fourth-order valence-corrected chi connectivity index (χ4v) is 2.35. The first kappa shape index (κ1) is 9.26. The zero-order valence-electron chi connectivity index (χ0n) is 8.29. The van der Waals surface area contributed by atoms with Crippen LogP contribution < -0.4 is 0 Å². The van der Waals surface area contributed by atoms with E-state index in [1.807, 2.05) is 0 Å². The van der Waals surface area contributed by atoms with E-state index in [1.165, 1.54) is 32.1 Å². The molecule has 1 N–H and O–H groups in total. The van der Waals surface area contributed by atoms with Gasteiger partial charge in [-0.25, -0.2) is 0 Å². The van der Waals surface area contributed by atoms with Gasteiger partial charge in [0, 0.05) is 6.04 Å². The molecular weight excluding hydrogens is 174 g/mol. The SMILES string of the molecule is N#CC1=CC(=N)N(C2CCCCC2)C1. The van der Waals surface area contributed by atoms with Gasteiger partial charge < -0.3 is 4.90 Å². The van der Waals surface area contributed by atoms with Crippen molar-refractivity contribution in [1.29, 1.82) is 10.7 Å². The lowest BCUT2D eigenvalue weighted by molar-refractivity contribution is 0.263. The Kier molecular flexibility index (Phi) is 2.53. The molecule has 0 aromatic carbocycles. The van der Waals surface area contributed by atoms with Crippen molar-refractivity contribution in [3.05, 3.63) is 11.6 Å². The van der Waals surface area contributed by atoms with Crippen LogP contribution in [0.4, 0.5) is 0 Å². The molecule has 0 spiro atoms. The largest absolute Gasteiger partial charge is 0.349 e. The molecule has 3 nitrogen and oxygen atoms in total. The minimum Gasteiger partial charge on any atom is -0.349 e. The van der Waals surface area contributed by atoms with Crippen molar-refractivity contribution in [3.8, 4) is 6.07 Å². The van der Waals surface area contributed by atoms with Gasteiger partial charge in [0.25, 0.3) is 0 Å². The van der Waals surface area contributed by atoms with Crippen molar-refractivity contribution < 1.29 is 0 Å². The minimum absolute atomic E-state index is 0.512. The number of hydrogen-bond acceptors (Lipinski definition) is 2. The number of nitrogens with one attached hydrogen (secondary N) is 1. The molecule has 0 aromatic heterocycles. The molecule has 1 heterocycles. The van der Waals surface area contributed by atoms with E-state index in [0.29, 0.717) is 18.4 Å². The third kappa shape index (κ3) is 1.65. The molecule has 1 fully saturated rings. The molecule has 2 aliphatic rings. The molecule has 1 saturated carbocycles. The van der Waals surface area contributed by atoms with Crippen LogP contribution >= 0.6 is 0 Å². The maximum atomic E-state index is 8.76. The molecule has 0 amide bonds. The lowest BCUT2D eigenvalue weighted by Gasteiger charge is -2.32. The molecule has 14 heavy (non-hydrogen) atoms. The Bertz CT molecular complexity index is 305. The maximum Gasteiger partial charge on any atom is 0.122 e. The van der Waals surface area contributed by atoms with Crippen LogP contribution in [0.25, 0.3) is 0 Å². The van der Waals surface area contributed by atoms with E-state index in [1.54, 1.807) is 6.08 Å². The Hall–Kier alpha value is -1.30. The molecule has 74 valence electrons. The highest BCUT2D eigenvalue weighted by Crippen LogP contribution is 2.25. The minimum atomic E-state index is 0.512. The summed E-state index contributed by atoms with van der Waals surface area (Å²) in [5.41, 5.74) is 0.737. The molecule has 0 saturated heterocycles. The summed E-state index contributed by atoms with van der Waals surface area (Å²) in [5, 5.41) is 16.5. The van der Waals surface area contributed by atoms with E-state index in [0.717, 1.165) is 5.57 Å². The lowest BCUT2D eigenvalue weighted by atomic mass is 9.94. The number of nitrogens with zero attached hydrogens (tertiary/aromatic N) is 2. The highest BCUT2D eigenvalue weighted by atomic mass is 15.2. The number of rotatable bonds is 1. The zero-order chi connectivity index (χ0) is 9.97. The summed E-state index contributed by atoms with van der Waals surface area (Å²) in [6.07, 6.45) is 7.96. The monoisotopic (exact) mass is 189 g/mol. The first-order valence-corrected chi connectivity index (χ1v) is 5.27. The normalized spacial score (nSPS) is 23.5. The molecule has 1 aliphatic carbocycles. The van der Waals surface area contributed by atoms with Crippen LogP contribution in [0, 0.1) is 16.7 Å². The first-order chi connectivity index (χ1) is 6.81. The molecule has 0 unspecified atom stereocenters. The smallest absolute Gasteiger partial charge is 0.122 e. The average molecular weight is 189 g/mol. The Morgan fingerprint density at radius 2 is 2.07 bits per heavy atom. The molecular formula is C11H15N3. The van der Waals surface area contributed by atoms with Gasteiger partial charge in [-0.1, -0.05) is 19.3 Å². The van der Waals surface area contributed by atoms with E-state index in [9.17, 15) is 0 Å². The lowest BCUT2D eigenvalue weighted by Crippen LogP contribution is -2.38. The second-order valence-corrected chi connectivity index (χ2v) is 4.09. The van der Waals surface area contributed by atoms with Gasteiger partial charge in [0.2, 0.25) is 0 Å². The number of hydrogen-bond donors (Lipinski definition) is 1. The van der Waals surface area contributed by atoms with Gasteiger partial charge in [-0.05, 0) is 18.9 Å². The maximum absolute atomic E-state index is 8.76. The van der Waals surface area contributed by atoms with Crippen molar-refractivity contribution in [1.82, 2.24) is 4.90 Å². The van der Waals surface area contributed by atoms with Crippen molar-refractivity contribution in [3.63, 3.8) is 0 Å². The third-order valence-corrected chi connectivity index (χ3v) is 3.12. The summed E-state index contributed by atoms with van der Waals surface area (Å²) < 4.78 is 0. The zero-order valence-corrected chi connectivity index (χ0v) is 8.29. The summed E-state index contributed by atoms with van der Waals surface area (Å²) in [6.45, 7) is 0.667. The fraction of sp³-hybridized carbons (Fsp3) is 0.636. The van der Waals surface area contributed by atoms with Crippen LogP contribution in [-0.2, 0) is 0 Å². The molecule has 0 atom stereocenters. The predicted molar refractivity (Wildman–Crippen MR) is 55.0 cm³/mol. The molecule has 2 rings (SSSR count). The van der Waals surface area contributed by atoms with Crippen LogP contribution in [-0.4, -0.2) is 23.3 Å². The number of amidine groups is 1. The summed E-state index contributed by atoms with van der Waals surface area (Å²) >= 11 is 0. The second-order valence-electron chi connectivity index (χ2n) is 4.09. The summed E-state index contributed by atoms with van der Waals surface area (Å²) in [6, 6.07) is 2.65. The van der Waals surface area contributed by atoms with Crippen LogP contribution in [0.1, 0.15) is 32.1 Å².